The second kappa shape index (κ2) is 6.91. The molecule has 1 nitrogen and oxygen atoms in total. The number of nitrogens with zero attached hydrogens (tertiary/aromatic N) is 1. The first-order valence-corrected chi connectivity index (χ1v) is 8.22. The van der Waals surface area contributed by atoms with E-state index in [-0.39, 0.29) is 0 Å². The predicted octanol–water partition coefficient (Wildman–Crippen LogP) is 4.90. The molecule has 0 aromatic heterocycles. The highest BCUT2D eigenvalue weighted by atomic mass is 15.2. The van der Waals surface area contributed by atoms with Gasteiger partial charge in [0.05, 0.1) is 6.04 Å². The average molecular weight is 279 g/mol. The topological polar surface area (TPSA) is 3.24 Å². The van der Waals surface area contributed by atoms with Crippen LogP contribution in [0, 0.1) is 5.92 Å². The summed E-state index contributed by atoms with van der Waals surface area (Å²) in [6.45, 7) is 4.77. The molecule has 0 spiro atoms. The summed E-state index contributed by atoms with van der Waals surface area (Å²) >= 11 is 0. The Morgan fingerprint density at radius 3 is 1.90 bits per heavy atom. The number of rotatable bonds is 6. The van der Waals surface area contributed by atoms with E-state index >= 15 is 0 Å². The lowest BCUT2D eigenvalue weighted by Crippen LogP contribution is -2.48. The van der Waals surface area contributed by atoms with Gasteiger partial charge in [0.1, 0.15) is 0 Å². The van der Waals surface area contributed by atoms with Crippen LogP contribution in [0.3, 0.4) is 0 Å². The van der Waals surface area contributed by atoms with Crippen molar-refractivity contribution in [1.82, 2.24) is 4.90 Å². The van der Waals surface area contributed by atoms with Crippen LogP contribution in [0.2, 0.25) is 0 Å². The van der Waals surface area contributed by atoms with Crippen molar-refractivity contribution in [3.05, 3.63) is 71.8 Å². The van der Waals surface area contributed by atoms with Crippen LogP contribution >= 0.6 is 0 Å². The van der Waals surface area contributed by atoms with Gasteiger partial charge in [-0.3, -0.25) is 4.90 Å². The summed E-state index contributed by atoms with van der Waals surface area (Å²) in [4.78, 5) is 2.63. The minimum Gasteiger partial charge on any atom is -0.292 e. The van der Waals surface area contributed by atoms with Gasteiger partial charge >= 0.3 is 0 Å². The Morgan fingerprint density at radius 2 is 1.43 bits per heavy atom. The van der Waals surface area contributed by atoms with Gasteiger partial charge in [-0.05, 0) is 23.5 Å². The van der Waals surface area contributed by atoms with Gasteiger partial charge in [-0.2, -0.15) is 0 Å². The molecule has 0 atom stereocenters. The third kappa shape index (κ3) is 3.36. The van der Waals surface area contributed by atoms with E-state index in [0.29, 0.717) is 6.04 Å². The molecular formula is C20H25N. The predicted molar refractivity (Wildman–Crippen MR) is 89.3 cm³/mol. The number of unbranched alkanes of at least 4 members (excludes halogenated alkanes) is 1. The maximum Gasteiger partial charge on any atom is 0.0602 e. The van der Waals surface area contributed by atoms with E-state index in [0.717, 1.165) is 5.92 Å². The fourth-order valence-electron chi connectivity index (χ4n) is 3.38. The van der Waals surface area contributed by atoms with Crippen LogP contribution in [-0.2, 0) is 0 Å². The van der Waals surface area contributed by atoms with Crippen molar-refractivity contribution in [1.29, 1.82) is 0 Å². The van der Waals surface area contributed by atoms with E-state index < -0.39 is 0 Å². The third-order valence-corrected chi connectivity index (χ3v) is 4.55. The highest BCUT2D eigenvalue weighted by molar-refractivity contribution is 5.32. The number of benzene rings is 2. The average Bonchev–Trinajstić information content (AvgIpc) is 2.51. The van der Waals surface area contributed by atoms with Gasteiger partial charge in [0.2, 0.25) is 0 Å². The smallest absolute Gasteiger partial charge is 0.0602 e. The molecule has 3 rings (SSSR count). The van der Waals surface area contributed by atoms with Crippen LogP contribution in [0.4, 0.5) is 0 Å². The molecule has 1 aliphatic rings. The van der Waals surface area contributed by atoms with Gasteiger partial charge in [-0.15, -0.1) is 0 Å². The van der Waals surface area contributed by atoms with Gasteiger partial charge in [0.15, 0.2) is 0 Å². The van der Waals surface area contributed by atoms with Crippen molar-refractivity contribution < 1.29 is 0 Å². The Hall–Kier alpha value is -1.60. The molecule has 1 saturated heterocycles. The van der Waals surface area contributed by atoms with E-state index in [1.54, 1.807) is 0 Å². The van der Waals surface area contributed by atoms with E-state index in [9.17, 15) is 0 Å². The van der Waals surface area contributed by atoms with Crippen molar-refractivity contribution >= 4 is 0 Å². The number of hydrogen-bond donors (Lipinski definition) is 0. The molecule has 0 aliphatic carbocycles. The van der Waals surface area contributed by atoms with Gasteiger partial charge in [-0.1, -0.05) is 80.4 Å². The summed E-state index contributed by atoms with van der Waals surface area (Å²) in [5, 5.41) is 0. The second-order valence-corrected chi connectivity index (χ2v) is 6.19. The molecule has 1 heteroatoms. The number of hydrogen-bond acceptors (Lipinski definition) is 1. The largest absolute Gasteiger partial charge is 0.292 e. The lowest BCUT2D eigenvalue weighted by atomic mass is 9.88. The van der Waals surface area contributed by atoms with Gasteiger partial charge in [0, 0.05) is 13.1 Å². The number of likely N-dealkylation sites (tertiary alicyclic amines) is 1. The Bertz CT molecular complexity index is 489. The second-order valence-electron chi connectivity index (χ2n) is 6.19. The van der Waals surface area contributed by atoms with Crippen LogP contribution in [-0.4, -0.2) is 18.0 Å². The van der Waals surface area contributed by atoms with Gasteiger partial charge in [0.25, 0.3) is 0 Å². The quantitative estimate of drug-likeness (QED) is 0.727. The highest BCUT2D eigenvalue weighted by Crippen LogP contribution is 2.35. The standard InChI is InChI=1S/C20H25N/c1-2-3-10-17-15-21(16-17)20(18-11-6-4-7-12-18)19-13-8-5-9-14-19/h4-9,11-14,17,20H,2-3,10,15-16H2,1H3. The first-order chi connectivity index (χ1) is 10.4. The Kier molecular flexibility index (Phi) is 4.72. The molecule has 0 saturated carbocycles. The molecular weight excluding hydrogens is 254 g/mol. The summed E-state index contributed by atoms with van der Waals surface area (Å²) in [5.41, 5.74) is 2.83. The SMILES string of the molecule is CCCCC1CN(C(c2ccccc2)c2ccccc2)C1. The third-order valence-electron chi connectivity index (χ3n) is 4.55. The molecule has 21 heavy (non-hydrogen) atoms. The van der Waals surface area contributed by atoms with Crippen LogP contribution in [0.25, 0.3) is 0 Å². The molecule has 1 fully saturated rings. The molecule has 2 aromatic carbocycles. The van der Waals surface area contributed by atoms with Crippen LogP contribution in [0.5, 0.6) is 0 Å². The maximum absolute atomic E-state index is 2.63. The van der Waals surface area contributed by atoms with Crippen molar-refractivity contribution in [3.63, 3.8) is 0 Å². The lowest BCUT2D eigenvalue weighted by molar-refractivity contribution is 0.0622. The van der Waals surface area contributed by atoms with E-state index in [1.165, 1.54) is 43.5 Å². The van der Waals surface area contributed by atoms with Crippen LogP contribution in [0.15, 0.2) is 60.7 Å². The zero-order valence-corrected chi connectivity index (χ0v) is 12.9. The molecule has 1 heterocycles. The van der Waals surface area contributed by atoms with Gasteiger partial charge in [-0.25, -0.2) is 0 Å². The minimum atomic E-state index is 0.422. The van der Waals surface area contributed by atoms with Crippen LogP contribution in [0.1, 0.15) is 43.4 Å². The van der Waals surface area contributed by atoms with Crippen molar-refractivity contribution in [2.75, 3.05) is 13.1 Å². The zero-order valence-electron chi connectivity index (χ0n) is 12.9. The molecule has 0 bridgehead atoms. The maximum atomic E-state index is 2.63. The summed E-state index contributed by atoms with van der Waals surface area (Å²) in [5.74, 6) is 0.903. The fraction of sp³-hybridized carbons (Fsp3) is 0.400. The molecule has 0 radical (unpaired) electrons. The summed E-state index contributed by atoms with van der Waals surface area (Å²) in [6.07, 6.45) is 4.08. The lowest BCUT2D eigenvalue weighted by Gasteiger charge is -2.45. The Labute approximate surface area is 128 Å². The van der Waals surface area contributed by atoms with Crippen molar-refractivity contribution in [2.45, 2.75) is 32.2 Å². The molecule has 0 N–H and O–H groups in total. The normalized spacial score (nSPS) is 16.1. The summed E-state index contributed by atoms with van der Waals surface area (Å²) in [6, 6.07) is 22.3. The first kappa shape index (κ1) is 14.3. The van der Waals surface area contributed by atoms with E-state index in [1.807, 2.05) is 0 Å². The molecule has 0 unspecified atom stereocenters. The fourth-order valence-corrected chi connectivity index (χ4v) is 3.38. The summed E-state index contributed by atoms with van der Waals surface area (Å²) in [7, 11) is 0. The molecule has 0 amide bonds. The summed E-state index contributed by atoms with van der Waals surface area (Å²) < 4.78 is 0. The van der Waals surface area contributed by atoms with Crippen molar-refractivity contribution in [3.8, 4) is 0 Å². The molecule has 110 valence electrons. The van der Waals surface area contributed by atoms with Crippen molar-refractivity contribution in [2.24, 2.45) is 5.92 Å². The first-order valence-electron chi connectivity index (χ1n) is 8.22. The van der Waals surface area contributed by atoms with Gasteiger partial charge < -0.3 is 0 Å². The Morgan fingerprint density at radius 1 is 0.905 bits per heavy atom. The van der Waals surface area contributed by atoms with E-state index in [2.05, 4.69) is 72.5 Å². The Balaban J connectivity index is 1.76. The monoisotopic (exact) mass is 279 g/mol. The van der Waals surface area contributed by atoms with E-state index in [4.69, 9.17) is 0 Å². The highest BCUT2D eigenvalue weighted by Gasteiger charge is 2.33. The molecule has 1 aliphatic heterocycles. The molecule has 2 aromatic rings. The zero-order chi connectivity index (χ0) is 14.5. The minimum absolute atomic E-state index is 0.422. The van der Waals surface area contributed by atoms with Crippen LogP contribution < -0.4 is 0 Å².